The number of ether oxygens (including phenoxy) is 1. The number of nitrogens with zero attached hydrogens (tertiary/aromatic N) is 2. The van der Waals surface area contributed by atoms with Crippen LogP contribution in [0.5, 0.6) is 0 Å². The van der Waals surface area contributed by atoms with Crippen molar-refractivity contribution in [3.05, 3.63) is 0 Å². The summed E-state index contributed by atoms with van der Waals surface area (Å²) in [5.41, 5.74) is 0. The number of likely N-dealkylation sites (N-methyl/N-ethyl adjacent to an activating group) is 1. The van der Waals surface area contributed by atoms with E-state index in [1.54, 1.807) is 16.9 Å². The maximum absolute atomic E-state index is 12.0. The molecule has 0 aromatic heterocycles. The molecule has 1 atom stereocenters. The first kappa shape index (κ1) is 15.9. The van der Waals surface area contributed by atoms with Crippen molar-refractivity contribution in [3.8, 4) is 0 Å². The van der Waals surface area contributed by atoms with Crippen molar-refractivity contribution in [3.63, 3.8) is 0 Å². The maximum Gasteiger partial charge on any atom is 0.242 e. The minimum atomic E-state index is 0.0204. The zero-order valence-electron chi connectivity index (χ0n) is 12.1. The number of hydrogen-bond donors (Lipinski definition) is 1. The number of carbonyl (C=O) groups excluding carboxylic acids is 2. The van der Waals surface area contributed by atoms with Crippen LogP contribution in [0, 0.1) is 0 Å². The third kappa shape index (κ3) is 4.80. The highest BCUT2D eigenvalue weighted by Gasteiger charge is 2.30. The number of amides is 2. The van der Waals surface area contributed by atoms with Gasteiger partial charge in [0.1, 0.15) is 0 Å². The van der Waals surface area contributed by atoms with Crippen LogP contribution in [0.15, 0.2) is 0 Å². The zero-order valence-corrected chi connectivity index (χ0v) is 12.1. The van der Waals surface area contributed by atoms with E-state index in [0.717, 1.165) is 13.0 Å². The molecular formula is C13H25N3O3. The molecule has 0 bridgehead atoms. The molecule has 1 unspecified atom stereocenters. The summed E-state index contributed by atoms with van der Waals surface area (Å²) in [6, 6.07) is 0.0736. The van der Waals surface area contributed by atoms with Gasteiger partial charge in [0.15, 0.2) is 0 Å². The molecule has 1 saturated heterocycles. The highest BCUT2D eigenvalue weighted by atomic mass is 16.5. The monoisotopic (exact) mass is 271 g/mol. The molecule has 0 aliphatic carbocycles. The maximum atomic E-state index is 12.0. The minimum absolute atomic E-state index is 0.0204. The van der Waals surface area contributed by atoms with Crippen LogP contribution < -0.4 is 5.32 Å². The van der Waals surface area contributed by atoms with Crippen LogP contribution in [0.4, 0.5) is 0 Å². The standard InChI is InChI=1S/C13H25N3O3/c1-4-6-15-8-13(18)16(9-12(15)17)7-11(10-19-3)14-5-2/h11,14H,4-10H2,1-3H3. The average molecular weight is 271 g/mol. The molecule has 1 rings (SSSR count). The SMILES string of the molecule is CCCN1CC(=O)N(CC(COC)NCC)CC1=O. The number of rotatable bonds is 8. The molecule has 0 aromatic rings. The van der Waals surface area contributed by atoms with Crippen molar-refractivity contribution in [1.29, 1.82) is 0 Å². The van der Waals surface area contributed by atoms with Crippen LogP contribution in [0.1, 0.15) is 20.3 Å². The van der Waals surface area contributed by atoms with E-state index < -0.39 is 0 Å². The fourth-order valence-corrected chi connectivity index (χ4v) is 2.28. The molecule has 6 heteroatoms. The van der Waals surface area contributed by atoms with Gasteiger partial charge in [-0.25, -0.2) is 0 Å². The smallest absolute Gasteiger partial charge is 0.242 e. The van der Waals surface area contributed by atoms with E-state index in [1.807, 2.05) is 13.8 Å². The van der Waals surface area contributed by atoms with Gasteiger partial charge in [0.2, 0.25) is 11.8 Å². The van der Waals surface area contributed by atoms with E-state index in [0.29, 0.717) is 19.7 Å². The van der Waals surface area contributed by atoms with Crippen molar-refractivity contribution >= 4 is 11.8 Å². The normalized spacial score (nSPS) is 18.1. The number of hydrogen-bond acceptors (Lipinski definition) is 4. The van der Waals surface area contributed by atoms with Crippen LogP contribution in [0.3, 0.4) is 0 Å². The van der Waals surface area contributed by atoms with E-state index in [2.05, 4.69) is 5.32 Å². The molecule has 0 aromatic carbocycles. The van der Waals surface area contributed by atoms with Crippen LogP contribution >= 0.6 is 0 Å². The van der Waals surface area contributed by atoms with Gasteiger partial charge < -0.3 is 19.9 Å². The first-order chi connectivity index (χ1) is 9.12. The Bertz CT molecular complexity index is 304. The average Bonchev–Trinajstić information content (AvgIpc) is 2.36. The van der Waals surface area contributed by atoms with E-state index in [9.17, 15) is 9.59 Å². The van der Waals surface area contributed by atoms with Crippen molar-refractivity contribution in [1.82, 2.24) is 15.1 Å². The van der Waals surface area contributed by atoms with Gasteiger partial charge in [-0.05, 0) is 13.0 Å². The molecule has 1 aliphatic heterocycles. The van der Waals surface area contributed by atoms with Gasteiger partial charge in [-0.3, -0.25) is 9.59 Å². The lowest BCUT2D eigenvalue weighted by Crippen LogP contribution is -2.57. The molecule has 1 fully saturated rings. The summed E-state index contributed by atoms with van der Waals surface area (Å²) in [6.45, 7) is 6.93. The summed E-state index contributed by atoms with van der Waals surface area (Å²) in [6.07, 6.45) is 0.878. The van der Waals surface area contributed by atoms with Crippen LogP contribution in [-0.2, 0) is 14.3 Å². The summed E-state index contributed by atoms with van der Waals surface area (Å²) in [7, 11) is 1.64. The lowest BCUT2D eigenvalue weighted by Gasteiger charge is -2.35. The predicted molar refractivity (Wildman–Crippen MR) is 72.8 cm³/mol. The first-order valence-electron chi connectivity index (χ1n) is 6.90. The Balaban J connectivity index is 2.54. The van der Waals surface area contributed by atoms with Gasteiger partial charge in [0.05, 0.1) is 19.7 Å². The number of carbonyl (C=O) groups is 2. The summed E-state index contributed by atoms with van der Waals surface area (Å²) in [4.78, 5) is 27.2. The highest BCUT2D eigenvalue weighted by molar-refractivity contribution is 5.92. The Labute approximate surface area is 115 Å². The summed E-state index contributed by atoms with van der Waals surface area (Å²) in [5, 5.41) is 3.26. The molecule has 6 nitrogen and oxygen atoms in total. The van der Waals surface area contributed by atoms with Crippen molar-refractivity contribution in [2.24, 2.45) is 0 Å². The molecule has 1 N–H and O–H groups in total. The van der Waals surface area contributed by atoms with Gasteiger partial charge in [-0.15, -0.1) is 0 Å². The molecule has 1 heterocycles. The van der Waals surface area contributed by atoms with E-state index >= 15 is 0 Å². The Morgan fingerprint density at radius 1 is 1.21 bits per heavy atom. The van der Waals surface area contributed by atoms with Gasteiger partial charge >= 0.3 is 0 Å². The molecule has 0 saturated carbocycles. The van der Waals surface area contributed by atoms with Crippen molar-refractivity contribution in [2.45, 2.75) is 26.3 Å². The third-order valence-corrected chi connectivity index (χ3v) is 3.15. The second kappa shape index (κ2) is 8.12. The van der Waals surface area contributed by atoms with Crippen molar-refractivity contribution in [2.75, 3.05) is 46.4 Å². The predicted octanol–water partition coefficient (Wildman–Crippen LogP) is -0.308. The summed E-state index contributed by atoms with van der Waals surface area (Å²) in [5.74, 6) is 0.0566. The van der Waals surface area contributed by atoms with Gasteiger partial charge in [-0.2, -0.15) is 0 Å². The topological polar surface area (TPSA) is 61.9 Å². The zero-order chi connectivity index (χ0) is 14.3. The summed E-state index contributed by atoms with van der Waals surface area (Å²) >= 11 is 0. The molecule has 2 amide bonds. The second-order valence-electron chi connectivity index (χ2n) is 4.80. The van der Waals surface area contributed by atoms with Crippen LogP contribution in [0.2, 0.25) is 0 Å². The Hall–Kier alpha value is -1.14. The van der Waals surface area contributed by atoms with Crippen LogP contribution in [0.25, 0.3) is 0 Å². The Kier molecular flexibility index (Phi) is 6.80. The number of nitrogens with one attached hydrogen (secondary N) is 1. The van der Waals surface area contributed by atoms with E-state index in [4.69, 9.17) is 4.74 Å². The quantitative estimate of drug-likeness (QED) is 0.658. The number of piperazine rings is 1. The molecule has 110 valence electrons. The summed E-state index contributed by atoms with van der Waals surface area (Å²) < 4.78 is 5.12. The Morgan fingerprint density at radius 3 is 2.42 bits per heavy atom. The lowest BCUT2D eigenvalue weighted by atomic mass is 10.2. The largest absolute Gasteiger partial charge is 0.383 e. The van der Waals surface area contributed by atoms with E-state index in [1.165, 1.54) is 0 Å². The molecular weight excluding hydrogens is 246 g/mol. The minimum Gasteiger partial charge on any atom is -0.383 e. The number of methoxy groups -OCH3 is 1. The fourth-order valence-electron chi connectivity index (χ4n) is 2.28. The second-order valence-corrected chi connectivity index (χ2v) is 4.80. The van der Waals surface area contributed by atoms with E-state index in [-0.39, 0.29) is 30.9 Å². The Morgan fingerprint density at radius 2 is 1.84 bits per heavy atom. The first-order valence-corrected chi connectivity index (χ1v) is 6.90. The van der Waals surface area contributed by atoms with Crippen molar-refractivity contribution < 1.29 is 14.3 Å². The third-order valence-electron chi connectivity index (χ3n) is 3.15. The van der Waals surface area contributed by atoms with Gasteiger partial charge in [-0.1, -0.05) is 13.8 Å². The lowest BCUT2D eigenvalue weighted by molar-refractivity contribution is -0.150. The molecule has 19 heavy (non-hydrogen) atoms. The molecule has 0 radical (unpaired) electrons. The van der Waals surface area contributed by atoms with Gasteiger partial charge in [0, 0.05) is 26.2 Å². The fraction of sp³-hybridized carbons (Fsp3) is 0.846. The molecule has 1 aliphatic rings. The highest BCUT2D eigenvalue weighted by Crippen LogP contribution is 2.06. The van der Waals surface area contributed by atoms with Gasteiger partial charge in [0.25, 0.3) is 0 Å². The molecule has 0 spiro atoms. The van der Waals surface area contributed by atoms with Crippen LogP contribution in [-0.4, -0.2) is 74.1 Å².